The lowest BCUT2D eigenvalue weighted by molar-refractivity contribution is -0.168. The smallest absolute Gasteiger partial charge is 0.0813 e. The lowest BCUT2D eigenvalue weighted by atomic mass is 10.3. The minimum atomic E-state index is -0.477. The van der Waals surface area contributed by atoms with Crippen molar-refractivity contribution in [3.63, 3.8) is 0 Å². The first-order valence-electron chi connectivity index (χ1n) is 3.63. The van der Waals surface area contributed by atoms with Crippen LogP contribution in [0.2, 0.25) is 0 Å². The molecule has 0 amide bonds. The molecule has 0 aromatic rings. The first kappa shape index (κ1) is 9.81. The molecule has 2 unspecified atom stereocenters. The van der Waals surface area contributed by atoms with Crippen LogP contribution in [0.4, 0.5) is 0 Å². The zero-order valence-electron chi connectivity index (χ0n) is 6.42. The van der Waals surface area contributed by atoms with Gasteiger partial charge in [-0.1, -0.05) is 0 Å². The average Bonchev–Trinajstić information content (AvgIpc) is 2.34. The van der Waals surface area contributed by atoms with Crippen LogP contribution in [0.25, 0.3) is 0 Å². The van der Waals surface area contributed by atoms with E-state index in [1.165, 1.54) is 0 Å². The maximum atomic E-state index is 10.4. The van der Waals surface area contributed by atoms with Crippen LogP contribution in [0.3, 0.4) is 0 Å². The summed E-state index contributed by atoms with van der Waals surface area (Å²) in [5.74, 6) is 4.70. The third-order valence-corrected chi connectivity index (χ3v) is 1.92. The molecule has 1 aliphatic rings. The van der Waals surface area contributed by atoms with Crippen molar-refractivity contribution in [3.8, 4) is 0 Å². The normalized spacial score (nSPS) is 30.5. The first-order valence-corrected chi connectivity index (χ1v) is 3.63. The third-order valence-electron chi connectivity index (χ3n) is 1.92. The van der Waals surface area contributed by atoms with E-state index in [-0.39, 0.29) is 16.7 Å². The molecule has 12 heavy (non-hydrogen) atoms. The van der Waals surface area contributed by atoms with E-state index in [0.29, 0.717) is 19.3 Å². The van der Waals surface area contributed by atoms with E-state index in [1.807, 2.05) is 0 Å². The summed E-state index contributed by atoms with van der Waals surface area (Å²) in [6.45, 7) is 0. The molecule has 3 N–H and O–H groups in total. The van der Waals surface area contributed by atoms with Crippen LogP contribution in [0, 0.1) is 10.4 Å². The summed E-state index contributed by atoms with van der Waals surface area (Å²) in [4.78, 5) is 4.57. The molecule has 72 valence electrons. The molecular weight excluding hydrogens is 166 g/mol. The fourth-order valence-electron chi connectivity index (χ4n) is 1.36. The molecule has 0 bridgehead atoms. The average molecular weight is 177 g/mol. The Kier molecular flexibility index (Phi) is 3.35. The van der Waals surface area contributed by atoms with E-state index < -0.39 is 6.04 Å². The highest BCUT2D eigenvalue weighted by Crippen LogP contribution is 2.25. The molecule has 0 aliphatic heterocycles. The van der Waals surface area contributed by atoms with Gasteiger partial charge in [0.05, 0.1) is 6.10 Å². The van der Waals surface area contributed by atoms with Gasteiger partial charge in [0.15, 0.2) is 0 Å². The van der Waals surface area contributed by atoms with Gasteiger partial charge in [-0.05, 0) is 19.3 Å². The molecule has 1 rings (SSSR count). The van der Waals surface area contributed by atoms with Crippen molar-refractivity contribution in [2.45, 2.75) is 31.4 Å². The molecule has 0 aromatic heterocycles. The number of nitrogens with zero attached hydrogens (tertiary/aromatic N) is 2. The number of hydrazine groups is 1. The summed E-state index contributed by atoms with van der Waals surface area (Å²) < 4.78 is 0. The maximum absolute atomic E-state index is 10.4. The van der Waals surface area contributed by atoms with Crippen molar-refractivity contribution in [2.24, 2.45) is 5.84 Å². The van der Waals surface area contributed by atoms with E-state index in [1.54, 1.807) is 0 Å². The van der Waals surface area contributed by atoms with E-state index in [2.05, 4.69) is 4.84 Å². The van der Waals surface area contributed by atoms with Crippen molar-refractivity contribution in [3.05, 3.63) is 10.4 Å². The number of hydrogen-bond acceptors (Lipinski definition) is 7. The maximum Gasteiger partial charge on any atom is 0.0813 e. The fraction of sp³-hybridized carbons (Fsp3) is 1.00. The molecule has 2 atom stereocenters. The topological polar surface area (TPSA) is 108 Å². The van der Waals surface area contributed by atoms with Crippen molar-refractivity contribution in [1.29, 1.82) is 0 Å². The highest BCUT2D eigenvalue weighted by Gasteiger charge is 2.26. The summed E-state index contributed by atoms with van der Waals surface area (Å²) in [5.41, 5.74) is 0. The van der Waals surface area contributed by atoms with Gasteiger partial charge in [0.25, 0.3) is 0 Å². The Morgan fingerprint density at radius 3 is 2.50 bits per heavy atom. The van der Waals surface area contributed by atoms with Crippen LogP contribution in [0.5, 0.6) is 0 Å². The Balaban J connectivity index is 2.26. The lowest BCUT2D eigenvalue weighted by Crippen LogP contribution is -2.31. The quantitative estimate of drug-likeness (QED) is 0.450. The van der Waals surface area contributed by atoms with Crippen LogP contribution < -0.4 is 5.84 Å². The number of hydrogen-bond donors (Lipinski definition) is 2. The Bertz CT molecular complexity index is 143. The predicted octanol–water partition coefficient (Wildman–Crippen LogP) is -0.298. The zero-order chi connectivity index (χ0) is 9.14. The number of nitrogens with two attached hydrogens (primary N) is 1. The molecule has 0 spiro atoms. The van der Waals surface area contributed by atoms with Crippen molar-refractivity contribution in [1.82, 2.24) is 10.6 Å². The van der Waals surface area contributed by atoms with Gasteiger partial charge in [-0.2, -0.15) is 5.34 Å². The van der Waals surface area contributed by atoms with Gasteiger partial charge in [0, 0.05) is 6.04 Å². The lowest BCUT2D eigenvalue weighted by Gasteiger charge is -2.28. The SMILES string of the molecule is NN([O-])OC1CCC(N([O-])O)C1. The van der Waals surface area contributed by atoms with E-state index in [4.69, 9.17) is 11.0 Å². The van der Waals surface area contributed by atoms with Crippen LogP contribution in [0.15, 0.2) is 0 Å². The summed E-state index contributed by atoms with van der Waals surface area (Å²) >= 11 is 0. The summed E-state index contributed by atoms with van der Waals surface area (Å²) in [6.07, 6.45) is 1.04. The van der Waals surface area contributed by atoms with Gasteiger partial charge in [0.2, 0.25) is 0 Å². The molecular formula is C5H11N3O4-2. The van der Waals surface area contributed by atoms with Crippen molar-refractivity contribution >= 4 is 0 Å². The molecule has 7 nitrogen and oxygen atoms in total. The summed E-state index contributed by atoms with van der Waals surface area (Å²) in [6, 6.07) is -0.477. The largest absolute Gasteiger partial charge is 0.762 e. The molecule has 1 saturated carbocycles. The van der Waals surface area contributed by atoms with Gasteiger partial charge in [-0.3, -0.25) is 15.9 Å². The van der Waals surface area contributed by atoms with Gasteiger partial charge >= 0.3 is 0 Å². The molecule has 0 heterocycles. The van der Waals surface area contributed by atoms with Crippen LogP contribution in [-0.2, 0) is 4.84 Å². The fourth-order valence-corrected chi connectivity index (χ4v) is 1.36. The molecule has 7 heteroatoms. The Morgan fingerprint density at radius 1 is 1.42 bits per heavy atom. The monoisotopic (exact) mass is 177 g/mol. The van der Waals surface area contributed by atoms with Gasteiger partial charge in [-0.15, -0.1) is 0 Å². The van der Waals surface area contributed by atoms with Gasteiger partial charge < -0.3 is 15.6 Å². The molecule has 0 aromatic carbocycles. The van der Waals surface area contributed by atoms with Crippen molar-refractivity contribution < 1.29 is 10.0 Å². The molecule has 1 aliphatic carbocycles. The highest BCUT2D eigenvalue weighted by molar-refractivity contribution is 4.80. The summed E-state index contributed by atoms with van der Waals surface area (Å²) in [7, 11) is 0. The third kappa shape index (κ3) is 2.64. The Morgan fingerprint density at radius 2 is 2.08 bits per heavy atom. The zero-order valence-corrected chi connectivity index (χ0v) is 6.42. The first-order chi connectivity index (χ1) is 5.59. The highest BCUT2D eigenvalue weighted by atomic mass is 16.9. The number of hydroxylamine groups is 2. The summed E-state index contributed by atoms with van der Waals surface area (Å²) in [5, 5.41) is 28.8. The molecule has 1 fully saturated rings. The standard InChI is InChI=1S/C5H11N3O4/c6-8(11)12-5-2-1-4(3-5)7(9)10/h4-5,9H,1-3,6H2/q-2. The van der Waals surface area contributed by atoms with E-state index in [9.17, 15) is 10.4 Å². The minimum Gasteiger partial charge on any atom is -0.762 e. The molecule has 0 saturated heterocycles. The molecule has 0 radical (unpaired) electrons. The van der Waals surface area contributed by atoms with Crippen LogP contribution >= 0.6 is 0 Å². The second kappa shape index (κ2) is 4.10. The number of rotatable bonds is 3. The van der Waals surface area contributed by atoms with Crippen LogP contribution in [0.1, 0.15) is 19.3 Å². The predicted molar refractivity (Wildman–Crippen MR) is 38.9 cm³/mol. The second-order valence-corrected chi connectivity index (χ2v) is 2.78. The second-order valence-electron chi connectivity index (χ2n) is 2.78. The van der Waals surface area contributed by atoms with Crippen molar-refractivity contribution in [2.75, 3.05) is 0 Å². The Labute approximate surface area is 69.3 Å². The van der Waals surface area contributed by atoms with E-state index >= 15 is 0 Å². The van der Waals surface area contributed by atoms with Crippen LogP contribution in [-0.4, -0.2) is 27.9 Å². The van der Waals surface area contributed by atoms with Gasteiger partial charge in [-0.25, -0.2) is 0 Å². The van der Waals surface area contributed by atoms with E-state index in [0.717, 1.165) is 0 Å². The minimum absolute atomic E-state index is 0.102. The van der Waals surface area contributed by atoms with Gasteiger partial charge in [0.1, 0.15) is 0 Å². The Hall–Kier alpha value is -0.280.